The summed E-state index contributed by atoms with van der Waals surface area (Å²) in [4.78, 5) is 14.3. The first kappa shape index (κ1) is 14.4. The quantitative estimate of drug-likeness (QED) is 0.870. The average molecular weight is 281 g/mol. The van der Waals surface area contributed by atoms with Crippen LogP contribution in [0.5, 0.6) is 0 Å². The Bertz CT molecular complexity index is 446. The van der Waals surface area contributed by atoms with Crippen LogP contribution < -0.4 is 5.73 Å². The van der Waals surface area contributed by atoms with Crippen molar-refractivity contribution >= 4 is 17.5 Å². The van der Waals surface area contributed by atoms with E-state index in [9.17, 15) is 4.79 Å². The van der Waals surface area contributed by atoms with Crippen LogP contribution in [0.2, 0.25) is 5.02 Å². The monoisotopic (exact) mass is 280 g/mol. The third kappa shape index (κ3) is 3.48. The van der Waals surface area contributed by atoms with Gasteiger partial charge in [-0.25, -0.2) is 0 Å². The Morgan fingerprint density at radius 1 is 1.47 bits per heavy atom. The van der Waals surface area contributed by atoms with Crippen LogP contribution in [-0.4, -0.2) is 23.4 Å². The van der Waals surface area contributed by atoms with Crippen LogP contribution in [0.3, 0.4) is 0 Å². The lowest BCUT2D eigenvalue weighted by molar-refractivity contribution is -0.134. The number of benzene rings is 1. The number of amides is 1. The summed E-state index contributed by atoms with van der Waals surface area (Å²) in [5.74, 6) is 0.195. The standard InChI is InChI=1S/C15H21ClN2O/c1-11(13-5-2-3-6-14(13)16)18(12-8-9-12)15(19)7-4-10-17/h2-3,5-6,11-12H,4,7-10,17H2,1H3. The lowest BCUT2D eigenvalue weighted by Crippen LogP contribution is -2.35. The smallest absolute Gasteiger partial charge is 0.223 e. The van der Waals surface area contributed by atoms with E-state index in [-0.39, 0.29) is 11.9 Å². The van der Waals surface area contributed by atoms with E-state index in [0.29, 0.717) is 19.0 Å². The van der Waals surface area contributed by atoms with Gasteiger partial charge in [-0.15, -0.1) is 0 Å². The highest BCUT2D eigenvalue weighted by atomic mass is 35.5. The molecular formula is C15H21ClN2O. The van der Waals surface area contributed by atoms with Gasteiger partial charge in [0, 0.05) is 17.5 Å². The van der Waals surface area contributed by atoms with Crippen LogP contribution in [0.4, 0.5) is 0 Å². The molecule has 1 unspecified atom stereocenters. The van der Waals surface area contributed by atoms with E-state index in [2.05, 4.69) is 6.92 Å². The minimum Gasteiger partial charge on any atom is -0.333 e. The van der Waals surface area contributed by atoms with Gasteiger partial charge in [0.1, 0.15) is 0 Å². The molecule has 0 spiro atoms. The molecule has 1 saturated carbocycles. The number of nitrogens with two attached hydrogens (primary N) is 1. The highest BCUT2D eigenvalue weighted by Crippen LogP contribution is 2.36. The Morgan fingerprint density at radius 3 is 2.74 bits per heavy atom. The molecule has 1 aromatic rings. The van der Waals surface area contributed by atoms with E-state index in [1.165, 1.54) is 0 Å². The van der Waals surface area contributed by atoms with Crippen molar-refractivity contribution in [3.05, 3.63) is 34.9 Å². The summed E-state index contributed by atoms with van der Waals surface area (Å²) in [7, 11) is 0. The van der Waals surface area contributed by atoms with Crippen molar-refractivity contribution in [1.82, 2.24) is 4.90 Å². The minimum absolute atomic E-state index is 0.0338. The number of hydrogen-bond donors (Lipinski definition) is 1. The minimum atomic E-state index is 0.0338. The SMILES string of the molecule is CC(c1ccccc1Cl)N(C(=O)CCCN)C1CC1. The van der Waals surface area contributed by atoms with E-state index in [0.717, 1.165) is 29.8 Å². The van der Waals surface area contributed by atoms with Gasteiger partial charge in [0.15, 0.2) is 0 Å². The fourth-order valence-electron chi connectivity index (χ4n) is 2.43. The van der Waals surface area contributed by atoms with Crippen molar-refractivity contribution in [3.8, 4) is 0 Å². The Kier molecular flexibility index (Phi) is 4.83. The number of carbonyl (C=O) groups excluding carboxylic acids is 1. The molecule has 0 aromatic heterocycles. The van der Waals surface area contributed by atoms with E-state index in [4.69, 9.17) is 17.3 Å². The molecule has 19 heavy (non-hydrogen) atoms. The summed E-state index contributed by atoms with van der Waals surface area (Å²) in [6.45, 7) is 2.62. The van der Waals surface area contributed by atoms with Crippen LogP contribution in [-0.2, 0) is 4.79 Å². The third-order valence-corrected chi connectivity index (χ3v) is 3.94. The molecule has 0 saturated heterocycles. The van der Waals surface area contributed by atoms with E-state index >= 15 is 0 Å². The zero-order valence-corrected chi connectivity index (χ0v) is 12.1. The van der Waals surface area contributed by atoms with Gasteiger partial charge < -0.3 is 10.6 Å². The second kappa shape index (κ2) is 6.40. The number of carbonyl (C=O) groups is 1. The highest BCUT2D eigenvalue weighted by Gasteiger charge is 2.36. The van der Waals surface area contributed by atoms with Gasteiger partial charge in [-0.2, -0.15) is 0 Å². The molecular weight excluding hydrogens is 260 g/mol. The average Bonchev–Trinajstić information content (AvgIpc) is 3.21. The summed E-state index contributed by atoms with van der Waals surface area (Å²) in [5, 5.41) is 0.729. The first-order valence-electron chi connectivity index (χ1n) is 6.90. The van der Waals surface area contributed by atoms with Crippen molar-refractivity contribution in [1.29, 1.82) is 0 Å². The van der Waals surface area contributed by atoms with Gasteiger partial charge >= 0.3 is 0 Å². The molecule has 1 aliphatic rings. The van der Waals surface area contributed by atoms with Crippen LogP contribution in [0.15, 0.2) is 24.3 Å². The topological polar surface area (TPSA) is 46.3 Å². The summed E-state index contributed by atoms with van der Waals surface area (Å²) >= 11 is 6.24. The maximum absolute atomic E-state index is 12.3. The Labute approximate surface area is 119 Å². The maximum atomic E-state index is 12.3. The molecule has 0 bridgehead atoms. The summed E-state index contributed by atoms with van der Waals surface area (Å²) in [6.07, 6.45) is 3.48. The number of hydrogen-bond acceptors (Lipinski definition) is 2. The third-order valence-electron chi connectivity index (χ3n) is 3.60. The van der Waals surface area contributed by atoms with Gasteiger partial charge in [0.25, 0.3) is 0 Å². The number of halogens is 1. The van der Waals surface area contributed by atoms with Crippen molar-refractivity contribution in [3.63, 3.8) is 0 Å². The largest absolute Gasteiger partial charge is 0.333 e. The lowest BCUT2D eigenvalue weighted by Gasteiger charge is -2.30. The van der Waals surface area contributed by atoms with Gasteiger partial charge in [0.05, 0.1) is 6.04 Å². The molecule has 1 amide bonds. The van der Waals surface area contributed by atoms with Crippen LogP contribution >= 0.6 is 11.6 Å². The van der Waals surface area contributed by atoms with Crippen LogP contribution in [0, 0.1) is 0 Å². The predicted octanol–water partition coefficient (Wildman–Crippen LogP) is 3.13. The normalized spacial score (nSPS) is 16.2. The van der Waals surface area contributed by atoms with Gasteiger partial charge in [-0.3, -0.25) is 4.79 Å². The van der Waals surface area contributed by atoms with Crippen molar-refractivity contribution in [2.45, 2.75) is 44.7 Å². The van der Waals surface area contributed by atoms with Crippen LogP contribution in [0.25, 0.3) is 0 Å². The molecule has 1 aliphatic carbocycles. The summed E-state index contributed by atoms with van der Waals surface area (Å²) < 4.78 is 0. The van der Waals surface area contributed by atoms with E-state index < -0.39 is 0 Å². The Hall–Kier alpha value is -1.06. The molecule has 104 valence electrons. The highest BCUT2D eigenvalue weighted by molar-refractivity contribution is 6.31. The van der Waals surface area contributed by atoms with Gasteiger partial charge in [0.2, 0.25) is 5.91 Å². The fourth-order valence-corrected chi connectivity index (χ4v) is 2.73. The molecule has 1 fully saturated rings. The summed E-state index contributed by atoms with van der Waals surface area (Å²) in [5.41, 5.74) is 6.51. The fraction of sp³-hybridized carbons (Fsp3) is 0.533. The van der Waals surface area contributed by atoms with Crippen molar-refractivity contribution < 1.29 is 4.79 Å². The molecule has 1 atom stereocenters. The molecule has 2 N–H and O–H groups in total. The first-order valence-corrected chi connectivity index (χ1v) is 7.28. The molecule has 1 aromatic carbocycles. The van der Waals surface area contributed by atoms with Crippen molar-refractivity contribution in [2.75, 3.05) is 6.54 Å². The Balaban J connectivity index is 2.15. The second-order valence-corrected chi connectivity index (χ2v) is 5.53. The van der Waals surface area contributed by atoms with Crippen molar-refractivity contribution in [2.24, 2.45) is 5.73 Å². The molecule has 2 rings (SSSR count). The molecule has 3 nitrogen and oxygen atoms in total. The van der Waals surface area contributed by atoms with E-state index in [1.54, 1.807) is 0 Å². The first-order chi connectivity index (χ1) is 9.15. The number of rotatable bonds is 6. The lowest BCUT2D eigenvalue weighted by atomic mass is 10.1. The van der Waals surface area contributed by atoms with Gasteiger partial charge in [-0.1, -0.05) is 29.8 Å². The Morgan fingerprint density at radius 2 is 2.16 bits per heavy atom. The molecule has 0 radical (unpaired) electrons. The number of nitrogens with zero attached hydrogens (tertiary/aromatic N) is 1. The van der Waals surface area contributed by atoms with Crippen LogP contribution in [0.1, 0.15) is 44.2 Å². The maximum Gasteiger partial charge on any atom is 0.223 e. The molecule has 0 aliphatic heterocycles. The summed E-state index contributed by atoms with van der Waals surface area (Å²) in [6, 6.07) is 8.17. The molecule has 0 heterocycles. The second-order valence-electron chi connectivity index (χ2n) is 5.12. The zero-order chi connectivity index (χ0) is 13.8. The zero-order valence-electron chi connectivity index (χ0n) is 11.3. The van der Waals surface area contributed by atoms with E-state index in [1.807, 2.05) is 29.2 Å². The van der Waals surface area contributed by atoms with Gasteiger partial charge in [-0.05, 0) is 44.4 Å². The molecule has 4 heteroatoms. The predicted molar refractivity (Wildman–Crippen MR) is 78.0 cm³/mol.